The molecule has 0 radical (unpaired) electrons. The van der Waals surface area contributed by atoms with Gasteiger partial charge in [0.2, 0.25) is 0 Å². The first-order valence-corrected chi connectivity index (χ1v) is 3.97. The summed E-state index contributed by atoms with van der Waals surface area (Å²) in [6.45, 7) is 1.00. The molecule has 0 saturated heterocycles. The van der Waals surface area contributed by atoms with Gasteiger partial charge in [-0.2, -0.15) is 0 Å². The first-order valence-electron chi connectivity index (χ1n) is 3.53. The van der Waals surface area contributed by atoms with E-state index < -0.39 is 6.16 Å². The molecule has 0 aliphatic carbocycles. The molecule has 6 heteroatoms. The van der Waals surface area contributed by atoms with Crippen molar-refractivity contribution < 1.29 is 19.1 Å². The van der Waals surface area contributed by atoms with Gasteiger partial charge in [0, 0.05) is 13.7 Å². The van der Waals surface area contributed by atoms with Crippen LogP contribution in [0.5, 0.6) is 0 Å². The molecule has 0 aromatic heterocycles. The number of methoxy groups -OCH3 is 1. The van der Waals surface area contributed by atoms with Gasteiger partial charge in [0.05, 0.1) is 6.61 Å². The van der Waals surface area contributed by atoms with E-state index in [4.69, 9.17) is 4.74 Å². The average molecular weight is 195 g/mol. The topological polar surface area (TPSA) is 56.8 Å². The number of thiol groups is 1. The zero-order valence-electron chi connectivity index (χ0n) is 6.91. The average Bonchev–Trinajstić information content (AvgIpc) is 2.05. The Kier molecular flexibility index (Phi) is 8.30. The third-order valence-corrected chi connectivity index (χ3v) is 1.18. The number of nitrogens with one attached hydrogen (secondary N) is 1. The Labute approximate surface area is 76.9 Å². The minimum Gasteiger partial charge on any atom is -0.433 e. The van der Waals surface area contributed by atoms with Crippen molar-refractivity contribution in [2.75, 3.05) is 20.3 Å². The lowest BCUT2D eigenvalue weighted by Crippen LogP contribution is -2.13. The summed E-state index contributed by atoms with van der Waals surface area (Å²) in [6, 6.07) is 0. The largest absolute Gasteiger partial charge is 0.528 e. The van der Waals surface area contributed by atoms with Crippen molar-refractivity contribution in [1.29, 1.82) is 0 Å². The molecule has 5 nitrogen and oxygen atoms in total. The molecule has 0 aliphatic rings. The van der Waals surface area contributed by atoms with Crippen LogP contribution in [0.4, 0.5) is 4.79 Å². The second-order valence-electron chi connectivity index (χ2n) is 1.99. The number of rotatable bonds is 6. The second-order valence-corrected chi connectivity index (χ2v) is 2.17. The molecule has 0 atom stereocenters. The minimum atomic E-state index is -0.776. The van der Waals surface area contributed by atoms with Gasteiger partial charge < -0.3 is 14.3 Å². The Morgan fingerprint density at radius 3 is 2.67 bits per heavy atom. The fourth-order valence-electron chi connectivity index (χ4n) is 0.571. The van der Waals surface area contributed by atoms with Crippen molar-refractivity contribution in [1.82, 2.24) is 4.89 Å². The molecule has 0 bridgehead atoms. The Bertz CT molecular complexity index is 122. The number of hydrogen-bond acceptors (Lipinski definition) is 6. The van der Waals surface area contributed by atoms with E-state index in [9.17, 15) is 4.79 Å². The summed E-state index contributed by atoms with van der Waals surface area (Å²) in [5.74, 6) is 0. The van der Waals surface area contributed by atoms with Crippen LogP contribution < -0.4 is 4.89 Å². The molecule has 0 aliphatic heterocycles. The highest BCUT2D eigenvalue weighted by molar-refractivity contribution is 7.77. The van der Waals surface area contributed by atoms with Crippen molar-refractivity contribution in [3.05, 3.63) is 0 Å². The van der Waals surface area contributed by atoms with E-state index in [2.05, 4.69) is 22.4 Å². The van der Waals surface area contributed by atoms with Gasteiger partial charge >= 0.3 is 6.16 Å². The smallest absolute Gasteiger partial charge is 0.433 e. The van der Waals surface area contributed by atoms with Crippen LogP contribution in [0.2, 0.25) is 0 Å². The van der Waals surface area contributed by atoms with Crippen LogP contribution >= 0.6 is 12.8 Å². The maximum Gasteiger partial charge on any atom is 0.528 e. The number of hydrogen-bond donors (Lipinski definition) is 2. The van der Waals surface area contributed by atoms with Crippen molar-refractivity contribution in [3.8, 4) is 0 Å². The normalized spacial score (nSPS) is 9.50. The number of unbranched alkanes of at least 4 members (excludes halogenated alkanes) is 1. The molecule has 0 amide bonds. The number of carbonyl (C=O) groups is 1. The van der Waals surface area contributed by atoms with Crippen LogP contribution in [-0.2, 0) is 14.3 Å². The highest BCUT2D eigenvalue weighted by atomic mass is 32.1. The monoisotopic (exact) mass is 195 g/mol. The highest BCUT2D eigenvalue weighted by Gasteiger charge is 2.00. The molecule has 0 spiro atoms. The van der Waals surface area contributed by atoms with Gasteiger partial charge in [0.15, 0.2) is 0 Å². The lowest BCUT2D eigenvalue weighted by molar-refractivity contribution is 0.0405. The lowest BCUT2D eigenvalue weighted by Gasteiger charge is -2.02. The Morgan fingerprint density at radius 2 is 2.08 bits per heavy atom. The molecule has 0 aromatic rings. The van der Waals surface area contributed by atoms with Crippen molar-refractivity contribution in [2.24, 2.45) is 0 Å². The van der Waals surface area contributed by atoms with Crippen LogP contribution in [0.1, 0.15) is 12.8 Å². The zero-order chi connectivity index (χ0) is 9.23. The standard InChI is InChI=1S/C6H13NO4S/c1-9-4-2-3-5-10-6(8)11-7-12/h7,12H,2-5H2,1H3. The zero-order valence-corrected chi connectivity index (χ0v) is 7.80. The summed E-state index contributed by atoms with van der Waals surface area (Å²) in [7, 11) is 1.62. The van der Waals surface area contributed by atoms with E-state index in [1.165, 1.54) is 0 Å². The van der Waals surface area contributed by atoms with Gasteiger partial charge in [-0.25, -0.2) is 4.79 Å². The fourth-order valence-corrected chi connectivity index (χ4v) is 0.645. The summed E-state index contributed by atoms with van der Waals surface area (Å²) in [4.78, 5) is 16.6. The number of ether oxygens (including phenoxy) is 2. The van der Waals surface area contributed by atoms with Gasteiger partial charge in [-0.05, 0) is 12.8 Å². The van der Waals surface area contributed by atoms with E-state index in [1.807, 2.05) is 4.89 Å². The predicted molar refractivity (Wildman–Crippen MR) is 45.7 cm³/mol. The van der Waals surface area contributed by atoms with E-state index in [1.54, 1.807) is 7.11 Å². The first-order chi connectivity index (χ1) is 5.81. The molecular weight excluding hydrogens is 182 g/mol. The molecule has 0 aromatic carbocycles. The summed E-state index contributed by atoms with van der Waals surface area (Å²) in [6.07, 6.45) is 0.843. The Balaban J connectivity index is 3.03. The third-order valence-electron chi connectivity index (χ3n) is 1.09. The van der Waals surface area contributed by atoms with E-state index in [0.717, 1.165) is 12.8 Å². The Hall–Kier alpha value is -0.460. The molecule has 72 valence electrons. The molecule has 0 heterocycles. The molecule has 0 unspecified atom stereocenters. The van der Waals surface area contributed by atoms with Crippen LogP contribution in [-0.4, -0.2) is 26.5 Å². The minimum absolute atomic E-state index is 0.331. The van der Waals surface area contributed by atoms with Crippen molar-refractivity contribution in [3.63, 3.8) is 0 Å². The quantitative estimate of drug-likeness (QED) is 0.285. The van der Waals surface area contributed by atoms with E-state index >= 15 is 0 Å². The van der Waals surface area contributed by atoms with Crippen LogP contribution in [0.3, 0.4) is 0 Å². The van der Waals surface area contributed by atoms with Crippen molar-refractivity contribution >= 4 is 19.0 Å². The van der Waals surface area contributed by atoms with Gasteiger partial charge in [-0.3, -0.25) is 0 Å². The maximum absolute atomic E-state index is 10.5. The molecule has 0 fully saturated rings. The summed E-state index contributed by atoms with van der Waals surface area (Å²) in [5.41, 5.74) is 0. The highest BCUT2D eigenvalue weighted by Crippen LogP contribution is 1.92. The molecule has 1 N–H and O–H groups in total. The van der Waals surface area contributed by atoms with Crippen LogP contribution in [0, 0.1) is 0 Å². The molecular formula is C6H13NO4S. The number of carbonyl (C=O) groups excluding carboxylic acids is 1. The first kappa shape index (κ1) is 11.5. The fraction of sp³-hybridized carbons (Fsp3) is 0.833. The predicted octanol–water partition coefficient (Wildman–Crippen LogP) is 0.916. The molecule has 0 saturated carbocycles. The van der Waals surface area contributed by atoms with Gasteiger partial charge in [-0.1, -0.05) is 17.7 Å². The summed E-state index contributed by atoms with van der Waals surface area (Å²) in [5, 5.41) is 0. The van der Waals surface area contributed by atoms with Gasteiger partial charge in [0.25, 0.3) is 0 Å². The SMILES string of the molecule is COCCCCOC(=O)ONS. The maximum atomic E-state index is 10.5. The van der Waals surface area contributed by atoms with Crippen LogP contribution in [0.25, 0.3) is 0 Å². The molecule has 0 rings (SSSR count). The van der Waals surface area contributed by atoms with Gasteiger partial charge in [-0.15, -0.1) is 0 Å². The summed E-state index contributed by atoms with van der Waals surface area (Å²) >= 11 is 3.45. The van der Waals surface area contributed by atoms with Gasteiger partial charge in [0.1, 0.15) is 0 Å². The van der Waals surface area contributed by atoms with E-state index in [0.29, 0.717) is 13.2 Å². The second kappa shape index (κ2) is 8.63. The lowest BCUT2D eigenvalue weighted by atomic mass is 10.3. The van der Waals surface area contributed by atoms with E-state index in [-0.39, 0.29) is 0 Å². The van der Waals surface area contributed by atoms with Crippen molar-refractivity contribution in [2.45, 2.75) is 12.8 Å². The van der Waals surface area contributed by atoms with Crippen LogP contribution in [0.15, 0.2) is 0 Å². The Morgan fingerprint density at radius 1 is 1.42 bits per heavy atom. The molecule has 12 heavy (non-hydrogen) atoms. The third kappa shape index (κ3) is 7.64. The summed E-state index contributed by atoms with van der Waals surface area (Å²) < 4.78 is 9.40.